The Balaban J connectivity index is 1.75. The van der Waals surface area contributed by atoms with Crippen molar-refractivity contribution >= 4 is 5.97 Å². The summed E-state index contributed by atoms with van der Waals surface area (Å²) in [5, 5.41) is 0. The summed E-state index contributed by atoms with van der Waals surface area (Å²) < 4.78 is 29.5. The molecule has 2 saturated carbocycles. The highest BCUT2D eigenvalue weighted by molar-refractivity contribution is 5.74. The average Bonchev–Trinajstić information content (AvgIpc) is 2.66. The van der Waals surface area contributed by atoms with Crippen molar-refractivity contribution in [3.05, 3.63) is 0 Å². The van der Waals surface area contributed by atoms with Crippen LogP contribution in [0.15, 0.2) is 0 Å². The maximum atomic E-state index is 12.3. The molecule has 0 saturated heterocycles. The van der Waals surface area contributed by atoms with Crippen molar-refractivity contribution in [2.45, 2.75) is 37.7 Å². The summed E-state index contributed by atoms with van der Waals surface area (Å²) in [6.45, 7) is 0. The van der Waals surface area contributed by atoms with Crippen LogP contribution in [0.3, 0.4) is 0 Å². The Kier molecular flexibility index (Phi) is 1.59. The van der Waals surface area contributed by atoms with Crippen molar-refractivity contribution < 1.29 is 18.3 Å². The van der Waals surface area contributed by atoms with Gasteiger partial charge in [-0.1, -0.05) is 0 Å². The summed E-state index contributed by atoms with van der Waals surface area (Å²) in [6, 6.07) is 0. The molecule has 2 nitrogen and oxygen atoms in total. The van der Waals surface area contributed by atoms with E-state index in [0.29, 0.717) is 0 Å². The molecule has 0 aromatic rings. The third-order valence-corrected chi connectivity index (χ3v) is 2.23. The molecule has 0 bridgehead atoms. The van der Waals surface area contributed by atoms with E-state index in [1.807, 2.05) is 0 Å². The SMILES string of the molecule is O=C(OC1CC1)C1CC(F)(F)C1. The molecule has 0 aromatic carbocycles. The van der Waals surface area contributed by atoms with Gasteiger partial charge in [0, 0.05) is 12.8 Å². The van der Waals surface area contributed by atoms with Crippen molar-refractivity contribution in [3.63, 3.8) is 0 Å². The van der Waals surface area contributed by atoms with E-state index in [4.69, 9.17) is 4.74 Å². The molecular formula is C8H10F2O2. The van der Waals surface area contributed by atoms with E-state index in [1.54, 1.807) is 0 Å². The Bertz CT molecular complexity index is 203. The summed E-state index contributed by atoms with van der Waals surface area (Å²) in [4.78, 5) is 11.0. The molecule has 0 aromatic heterocycles. The lowest BCUT2D eigenvalue weighted by Crippen LogP contribution is -2.40. The smallest absolute Gasteiger partial charge is 0.309 e. The van der Waals surface area contributed by atoms with E-state index in [-0.39, 0.29) is 18.9 Å². The topological polar surface area (TPSA) is 26.3 Å². The molecule has 0 N–H and O–H groups in total. The van der Waals surface area contributed by atoms with Gasteiger partial charge in [0.15, 0.2) is 0 Å². The fourth-order valence-corrected chi connectivity index (χ4v) is 1.27. The number of rotatable bonds is 2. The number of ether oxygens (including phenoxy) is 1. The van der Waals surface area contributed by atoms with E-state index in [1.165, 1.54) is 0 Å². The van der Waals surface area contributed by atoms with E-state index >= 15 is 0 Å². The Morgan fingerprint density at radius 1 is 1.33 bits per heavy atom. The standard InChI is InChI=1S/C8H10F2O2/c9-8(10)3-5(4-8)7(11)12-6-1-2-6/h5-6H,1-4H2. The highest BCUT2D eigenvalue weighted by Gasteiger charge is 2.50. The van der Waals surface area contributed by atoms with Crippen molar-refractivity contribution in [1.82, 2.24) is 0 Å². The maximum Gasteiger partial charge on any atom is 0.309 e. The first-order chi connectivity index (χ1) is 5.57. The summed E-state index contributed by atoms with van der Waals surface area (Å²) in [6.07, 6.45) is 1.19. The van der Waals surface area contributed by atoms with Crippen LogP contribution in [0.4, 0.5) is 8.78 Å². The second kappa shape index (κ2) is 2.41. The van der Waals surface area contributed by atoms with Gasteiger partial charge in [0.05, 0.1) is 5.92 Å². The first-order valence-electron chi connectivity index (χ1n) is 4.15. The maximum absolute atomic E-state index is 12.3. The molecule has 0 aliphatic heterocycles. The van der Waals surface area contributed by atoms with E-state index in [2.05, 4.69) is 0 Å². The minimum absolute atomic E-state index is 0.0340. The molecule has 12 heavy (non-hydrogen) atoms. The van der Waals surface area contributed by atoms with Crippen molar-refractivity contribution in [2.24, 2.45) is 5.92 Å². The predicted molar refractivity (Wildman–Crippen MR) is 36.8 cm³/mol. The lowest BCUT2D eigenvalue weighted by atomic mass is 9.81. The predicted octanol–water partition coefficient (Wildman–Crippen LogP) is 1.74. The number of carbonyl (C=O) groups excluding carboxylic acids is 1. The van der Waals surface area contributed by atoms with Gasteiger partial charge < -0.3 is 4.74 Å². The summed E-state index contributed by atoms with van der Waals surface area (Å²) in [5.74, 6) is -3.59. The van der Waals surface area contributed by atoms with Gasteiger partial charge in [-0.2, -0.15) is 0 Å². The van der Waals surface area contributed by atoms with Gasteiger partial charge in [0.2, 0.25) is 5.92 Å². The van der Waals surface area contributed by atoms with Crippen molar-refractivity contribution in [1.29, 1.82) is 0 Å². The Morgan fingerprint density at radius 3 is 2.33 bits per heavy atom. The second-order valence-electron chi connectivity index (χ2n) is 3.60. The van der Waals surface area contributed by atoms with Gasteiger partial charge in [-0.3, -0.25) is 4.79 Å². The zero-order chi connectivity index (χ0) is 8.77. The lowest BCUT2D eigenvalue weighted by Gasteiger charge is -2.32. The molecule has 2 rings (SSSR count). The number of hydrogen-bond donors (Lipinski definition) is 0. The fraction of sp³-hybridized carbons (Fsp3) is 0.875. The van der Waals surface area contributed by atoms with Crippen LogP contribution < -0.4 is 0 Å². The molecule has 2 aliphatic rings. The van der Waals surface area contributed by atoms with Crippen LogP contribution in [0.5, 0.6) is 0 Å². The van der Waals surface area contributed by atoms with Crippen LogP contribution in [0.2, 0.25) is 0 Å². The van der Waals surface area contributed by atoms with Gasteiger partial charge in [0.1, 0.15) is 6.10 Å². The molecule has 0 atom stereocenters. The highest BCUT2D eigenvalue weighted by atomic mass is 19.3. The molecule has 68 valence electrons. The quantitative estimate of drug-likeness (QED) is 0.599. The monoisotopic (exact) mass is 176 g/mol. The first kappa shape index (κ1) is 7.95. The van der Waals surface area contributed by atoms with Crippen LogP contribution in [0.25, 0.3) is 0 Å². The molecule has 0 spiro atoms. The number of halogens is 2. The zero-order valence-corrected chi connectivity index (χ0v) is 6.56. The lowest BCUT2D eigenvalue weighted by molar-refractivity contribution is -0.172. The molecule has 0 radical (unpaired) electrons. The molecular weight excluding hydrogens is 166 g/mol. The fourth-order valence-electron chi connectivity index (χ4n) is 1.27. The van der Waals surface area contributed by atoms with Gasteiger partial charge in [-0.25, -0.2) is 8.78 Å². The Labute approximate surface area is 68.9 Å². The second-order valence-corrected chi connectivity index (χ2v) is 3.60. The molecule has 4 heteroatoms. The number of hydrogen-bond acceptors (Lipinski definition) is 2. The van der Waals surface area contributed by atoms with Gasteiger partial charge >= 0.3 is 5.97 Å². The molecule has 0 unspecified atom stereocenters. The third-order valence-electron chi connectivity index (χ3n) is 2.23. The Morgan fingerprint density at radius 2 is 1.92 bits per heavy atom. The van der Waals surface area contributed by atoms with Gasteiger partial charge in [-0.15, -0.1) is 0 Å². The minimum atomic E-state index is -2.62. The van der Waals surface area contributed by atoms with Crippen molar-refractivity contribution in [2.75, 3.05) is 0 Å². The number of esters is 1. The highest BCUT2D eigenvalue weighted by Crippen LogP contribution is 2.43. The number of alkyl halides is 2. The third kappa shape index (κ3) is 1.57. The largest absolute Gasteiger partial charge is 0.462 e. The molecule has 2 fully saturated rings. The normalized spacial score (nSPS) is 27.8. The van der Waals surface area contributed by atoms with Crippen LogP contribution in [0, 0.1) is 5.92 Å². The summed E-state index contributed by atoms with van der Waals surface area (Å²) in [5.41, 5.74) is 0. The van der Waals surface area contributed by atoms with E-state index < -0.39 is 17.8 Å². The summed E-state index contributed by atoms with van der Waals surface area (Å²) >= 11 is 0. The minimum Gasteiger partial charge on any atom is -0.462 e. The first-order valence-corrected chi connectivity index (χ1v) is 4.15. The molecule has 0 amide bonds. The van der Waals surface area contributed by atoms with Crippen LogP contribution >= 0.6 is 0 Å². The zero-order valence-electron chi connectivity index (χ0n) is 6.56. The van der Waals surface area contributed by atoms with Crippen molar-refractivity contribution in [3.8, 4) is 0 Å². The van der Waals surface area contributed by atoms with Crippen LogP contribution in [-0.2, 0) is 9.53 Å². The molecule has 0 heterocycles. The average molecular weight is 176 g/mol. The van der Waals surface area contributed by atoms with Gasteiger partial charge in [-0.05, 0) is 12.8 Å². The van der Waals surface area contributed by atoms with Crippen LogP contribution in [-0.4, -0.2) is 18.0 Å². The summed E-state index contributed by atoms with van der Waals surface area (Å²) in [7, 11) is 0. The van der Waals surface area contributed by atoms with E-state index in [9.17, 15) is 13.6 Å². The van der Waals surface area contributed by atoms with E-state index in [0.717, 1.165) is 12.8 Å². The number of carbonyl (C=O) groups is 1. The van der Waals surface area contributed by atoms with Crippen LogP contribution in [0.1, 0.15) is 25.7 Å². The van der Waals surface area contributed by atoms with Gasteiger partial charge in [0.25, 0.3) is 0 Å². The Hall–Kier alpha value is -0.670. The molecule has 2 aliphatic carbocycles.